The van der Waals surface area contributed by atoms with Crippen LogP contribution in [0.4, 0.5) is 0 Å². The molecule has 0 spiro atoms. The highest BCUT2D eigenvalue weighted by Crippen LogP contribution is 2.22. The van der Waals surface area contributed by atoms with E-state index in [0.717, 1.165) is 25.0 Å². The van der Waals surface area contributed by atoms with Gasteiger partial charge < -0.3 is 15.0 Å². The SMILES string of the molecule is CC(C)CC1CN(CC2CCOC2C)CCN1. The Labute approximate surface area is 106 Å². The van der Waals surface area contributed by atoms with Crippen molar-refractivity contribution in [1.29, 1.82) is 0 Å². The summed E-state index contributed by atoms with van der Waals surface area (Å²) in [5.41, 5.74) is 0. The lowest BCUT2D eigenvalue weighted by molar-refractivity contribution is 0.0849. The van der Waals surface area contributed by atoms with Crippen LogP contribution in [0.2, 0.25) is 0 Å². The van der Waals surface area contributed by atoms with Crippen molar-refractivity contribution < 1.29 is 4.74 Å². The molecule has 0 bridgehead atoms. The van der Waals surface area contributed by atoms with E-state index in [1.807, 2.05) is 0 Å². The lowest BCUT2D eigenvalue weighted by Crippen LogP contribution is -2.52. The number of hydrogen-bond donors (Lipinski definition) is 1. The van der Waals surface area contributed by atoms with E-state index in [0.29, 0.717) is 12.1 Å². The van der Waals surface area contributed by atoms with Crippen LogP contribution in [-0.2, 0) is 4.74 Å². The molecule has 0 radical (unpaired) electrons. The average molecular weight is 240 g/mol. The highest BCUT2D eigenvalue weighted by atomic mass is 16.5. The molecule has 2 heterocycles. The Morgan fingerprint density at radius 3 is 2.88 bits per heavy atom. The summed E-state index contributed by atoms with van der Waals surface area (Å²) in [7, 11) is 0. The smallest absolute Gasteiger partial charge is 0.0588 e. The molecule has 2 aliphatic rings. The predicted molar refractivity (Wildman–Crippen MR) is 71.2 cm³/mol. The number of rotatable bonds is 4. The van der Waals surface area contributed by atoms with Gasteiger partial charge in [-0.1, -0.05) is 13.8 Å². The molecule has 0 aliphatic carbocycles. The van der Waals surface area contributed by atoms with Crippen molar-refractivity contribution >= 4 is 0 Å². The summed E-state index contributed by atoms with van der Waals surface area (Å²) in [6, 6.07) is 0.696. The molecule has 3 unspecified atom stereocenters. The second-order valence-electron chi connectivity index (χ2n) is 6.16. The minimum Gasteiger partial charge on any atom is -0.378 e. The zero-order valence-corrected chi connectivity index (χ0v) is 11.6. The van der Waals surface area contributed by atoms with Gasteiger partial charge in [0.15, 0.2) is 0 Å². The maximum Gasteiger partial charge on any atom is 0.0588 e. The fourth-order valence-corrected chi connectivity index (χ4v) is 3.13. The normalized spacial score (nSPS) is 35.6. The zero-order chi connectivity index (χ0) is 12.3. The van der Waals surface area contributed by atoms with Crippen molar-refractivity contribution in [2.45, 2.75) is 45.8 Å². The second-order valence-corrected chi connectivity index (χ2v) is 6.16. The third-order valence-electron chi connectivity index (χ3n) is 4.12. The van der Waals surface area contributed by atoms with Crippen molar-refractivity contribution in [2.24, 2.45) is 11.8 Å². The molecule has 3 atom stereocenters. The van der Waals surface area contributed by atoms with Crippen molar-refractivity contribution in [1.82, 2.24) is 10.2 Å². The molecule has 3 heteroatoms. The van der Waals surface area contributed by atoms with E-state index in [9.17, 15) is 0 Å². The number of nitrogens with one attached hydrogen (secondary N) is 1. The molecule has 2 aliphatic heterocycles. The Morgan fingerprint density at radius 2 is 2.24 bits per heavy atom. The van der Waals surface area contributed by atoms with Crippen LogP contribution < -0.4 is 5.32 Å². The van der Waals surface area contributed by atoms with Gasteiger partial charge in [0.05, 0.1) is 6.10 Å². The molecule has 2 rings (SSSR count). The Hall–Kier alpha value is -0.120. The molecule has 0 aromatic heterocycles. The summed E-state index contributed by atoms with van der Waals surface area (Å²) in [6.45, 7) is 12.6. The minimum absolute atomic E-state index is 0.466. The second kappa shape index (κ2) is 6.17. The van der Waals surface area contributed by atoms with Gasteiger partial charge in [-0.05, 0) is 31.6 Å². The van der Waals surface area contributed by atoms with Gasteiger partial charge in [-0.2, -0.15) is 0 Å². The number of nitrogens with zero attached hydrogens (tertiary/aromatic N) is 1. The number of piperazine rings is 1. The van der Waals surface area contributed by atoms with Gasteiger partial charge in [0.25, 0.3) is 0 Å². The van der Waals surface area contributed by atoms with Crippen LogP contribution in [0, 0.1) is 11.8 Å². The van der Waals surface area contributed by atoms with Crippen molar-refractivity contribution in [3.63, 3.8) is 0 Å². The molecule has 1 N–H and O–H groups in total. The summed E-state index contributed by atoms with van der Waals surface area (Å²) in [5, 5.41) is 3.64. The van der Waals surface area contributed by atoms with Crippen molar-refractivity contribution in [3.8, 4) is 0 Å². The highest BCUT2D eigenvalue weighted by molar-refractivity contribution is 4.83. The van der Waals surface area contributed by atoms with Crippen LogP contribution in [0.3, 0.4) is 0 Å². The molecule has 0 aromatic carbocycles. The van der Waals surface area contributed by atoms with Gasteiger partial charge in [0.1, 0.15) is 0 Å². The van der Waals surface area contributed by atoms with E-state index < -0.39 is 0 Å². The van der Waals surface area contributed by atoms with Crippen LogP contribution in [0.5, 0.6) is 0 Å². The summed E-state index contributed by atoms with van der Waals surface area (Å²) < 4.78 is 5.66. The number of hydrogen-bond acceptors (Lipinski definition) is 3. The summed E-state index contributed by atoms with van der Waals surface area (Å²) in [4.78, 5) is 2.64. The quantitative estimate of drug-likeness (QED) is 0.810. The first kappa shape index (κ1) is 13.3. The molecule has 0 aromatic rings. The van der Waals surface area contributed by atoms with E-state index in [1.165, 1.54) is 32.5 Å². The lowest BCUT2D eigenvalue weighted by Gasteiger charge is -2.36. The largest absolute Gasteiger partial charge is 0.378 e. The van der Waals surface area contributed by atoms with E-state index in [2.05, 4.69) is 31.0 Å². The van der Waals surface area contributed by atoms with E-state index >= 15 is 0 Å². The first-order valence-electron chi connectivity index (χ1n) is 7.22. The van der Waals surface area contributed by atoms with E-state index in [1.54, 1.807) is 0 Å². The first-order chi connectivity index (χ1) is 8.15. The molecule has 2 fully saturated rings. The fourth-order valence-electron chi connectivity index (χ4n) is 3.13. The van der Waals surface area contributed by atoms with Crippen LogP contribution in [0.15, 0.2) is 0 Å². The van der Waals surface area contributed by atoms with E-state index in [-0.39, 0.29) is 0 Å². The topological polar surface area (TPSA) is 24.5 Å². The molecule has 0 amide bonds. The first-order valence-corrected chi connectivity index (χ1v) is 7.22. The average Bonchev–Trinajstić information content (AvgIpc) is 2.64. The predicted octanol–water partition coefficient (Wildman–Crippen LogP) is 1.73. The van der Waals surface area contributed by atoms with Gasteiger partial charge in [0, 0.05) is 38.8 Å². The highest BCUT2D eigenvalue weighted by Gasteiger charge is 2.28. The van der Waals surface area contributed by atoms with Crippen molar-refractivity contribution in [3.05, 3.63) is 0 Å². The summed E-state index contributed by atoms with van der Waals surface area (Å²) >= 11 is 0. The maximum absolute atomic E-state index is 5.66. The molecule has 100 valence electrons. The Bertz CT molecular complexity index is 232. The lowest BCUT2D eigenvalue weighted by atomic mass is 9.99. The third kappa shape index (κ3) is 3.94. The van der Waals surface area contributed by atoms with Gasteiger partial charge >= 0.3 is 0 Å². The van der Waals surface area contributed by atoms with Gasteiger partial charge in [-0.15, -0.1) is 0 Å². The molecule has 2 saturated heterocycles. The van der Waals surface area contributed by atoms with Crippen molar-refractivity contribution in [2.75, 3.05) is 32.8 Å². The summed E-state index contributed by atoms with van der Waals surface area (Å²) in [6.07, 6.45) is 3.01. The Morgan fingerprint density at radius 1 is 1.41 bits per heavy atom. The van der Waals surface area contributed by atoms with Crippen LogP contribution in [0.1, 0.15) is 33.6 Å². The number of ether oxygens (including phenoxy) is 1. The molecule has 3 nitrogen and oxygen atoms in total. The Kier molecular flexibility index (Phi) is 4.83. The molecular formula is C14H28N2O. The monoisotopic (exact) mass is 240 g/mol. The molecular weight excluding hydrogens is 212 g/mol. The summed E-state index contributed by atoms with van der Waals surface area (Å²) in [5.74, 6) is 1.55. The van der Waals surface area contributed by atoms with E-state index in [4.69, 9.17) is 4.74 Å². The maximum atomic E-state index is 5.66. The third-order valence-corrected chi connectivity index (χ3v) is 4.12. The zero-order valence-electron chi connectivity index (χ0n) is 11.6. The fraction of sp³-hybridized carbons (Fsp3) is 1.00. The van der Waals surface area contributed by atoms with Crippen LogP contribution >= 0.6 is 0 Å². The van der Waals surface area contributed by atoms with Gasteiger partial charge in [-0.3, -0.25) is 0 Å². The molecule has 17 heavy (non-hydrogen) atoms. The Balaban J connectivity index is 1.76. The van der Waals surface area contributed by atoms with Crippen LogP contribution in [0.25, 0.3) is 0 Å². The minimum atomic E-state index is 0.466. The van der Waals surface area contributed by atoms with Gasteiger partial charge in [-0.25, -0.2) is 0 Å². The molecule has 0 saturated carbocycles. The van der Waals surface area contributed by atoms with Crippen LogP contribution in [-0.4, -0.2) is 49.8 Å². The van der Waals surface area contributed by atoms with Gasteiger partial charge in [0.2, 0.25) is 0 Å². The standard InChI is InChI=1S/C14H28N2O/c1-11(2)8-14-10-16(6-5-15-14)9-13-4-7-17-12(13)3/h11-15H,4-10H2,1-3H3.